The lowest BCUT2D eigenvalue weighted by Gasteiger charge is -2.31. The van der Waals surface area contributed by atoms with Crippen LogP contribution in [0.2, 0.25) is 0 Å². The summed E-state index contributed by atoms with van der Waals surface area (Å²) in [6.45, 7) is 13.2. The monoisotopic (exact) mass is 316 g/mol. The number of hydrogen-bond acceptors (Lipinski definition) is 5. The van der Waals surface area contributed by atoms with Gasteiger partial charge in [0.2, 0.25) is 0 Å². The van der Waals surface area contributed by atoms with Gasteiger partial charge in [0.25, 0.3) is 0 Å². The molecule has 0 N–H and O–H groups in total. The van der Waals surface area contributed by atoms with Gasteiger partial charge in [-0.05, 0) is 41.2 Å². The Labute approximate surface area is 139 Å². The van der Waals surface area contributed by atoms with E-state index in [2.05, 4.69) is 47.8 Å². The number of hydrogen-bond donors (Lipinski definition) is 0. The summed E-state index contributed by atoms with van der Waals surface area (Å²) in [6, 6.07) is 0.801. The highest BCUT2D eigenvalue weighted by molar-refractivity contribution is 4.77. The third-order valence-electron chi connectivity index (χ3n) is 4.30. The summed E-state index contributed by atoms with van der Waals surface area (Å²) >= 11 is 0. The summed E-state index contributed by atoms with van der Waals surface area (Å²) in [7, 11) is 10.4. The van der Waals surface area contributed by atoms with Gasteiger partial charge in [-0.2, -0.15) is 0 Å². The van der Waals surface area contributed by atoms with Crippen LogP contribution in [-0.4, -0.2) is 113 Å². The Hall–Kier alpha value is -0.200. The first kappa shape index (κ1) is 21.8. The minimum atomic E-state index is 0.801. The maximum absolute atomic E-state index is 5.02. The molecular weight excluding hydrogens is 276 g/mol. The predicted molar refractivity (Wildman–Crippen MR) is 96.8 cm³/mol. The zero-order valence-corrected chi connectivity index (χ0v) is 16.1. The van der Waals surface area contributed by atoms with Crippen molar-refractivity contribution < 1.29 is 4.74 Å². The van der Waals surface area contributed by atoms with Gasteiger partial charge in [-0.3, -0.25) is 4.90 Å². The van der Waals surface area contributed by atoms with Crippen LogP contribution in [0.25, 0.3) is 0 Å². The van der Waals surface area contributed by atoms with Crippen LogP contribution in [0.15, 0.2) is 0 Å². The first-order valence-electron chi connectivity index (χ1n) is 8.77. The topological polar surface area (TPSA) is 22.2 Å². The number of piperazine rings is 1. The highest BCUT2D eigenvalue weighted by Crippen LogP contribution is 2.09. The molecule has 2 saturated heterocycles. The summed E-state index contributed by atoms with van der Waals surface area (Å²) in [4.78, 5) is 9.50. The van der Waals surface area contributed by atoms with Crippen molar-refractivity contribution in [1.82, 2.24) is 19.6 Å². The minimum Gasteiger partial charge on any atom is -0.383 e. The van der Waals surface area contributed by atoms with Gasteiger partial charge in [0, 0.05) is 52.4 Å². The molecule has 0 bridgehead atoms. The molecule has 0 aromatic rings. The highest BCUT2D eigenvalue weighted by Gasteiger charge is 2.20. The second kappa shape index (κ2) is 13.3. The fraction of sp³-hybridized carbons (Fsp3) is 1.00. The van der Waals surface area contributed by atoms with Gasteiger partial charge in [0.15, 0.2) is 0 Å². The molecule has 0 aliphatic carbocycles. The highest BCUT2D eigenvalue weighted by atomic mass is 16.5. The van der Waals surface area contributed by atoms with Crippen LogP contribution in [0.3, 0.4) is 0 Å². The lowest BCUT2D eigenvalue weighted by atomic mass is 10.2. The summed E-state index contributed by atoms with van der Waals surface area (Å²) in [5.74, 6) is 0. The summed E-state index contributed by atoms with van der Waals surface area (Å²) in [5, 5.41) is 0. The van der Waals surface area contributed by atoms with Crippen molar-refractivity contribution in [3.05, 3.63) is 0 Å². The fourth-order valence-corrected chi connectivity index (χ4v) is 2.63. The Balaban J connectivity index is 0.000000366. The van der Waals surface area contributed by atoms with Gasteiger partial charge >= 0.3 is 0 Å². The van der Waals surface area contributed by atoms with E-state index in [4.69, 9.17) is 4.74 Å². The van der Waals surface area contributed by atoms with Gasteiger partial charge in [0.05, 0.1) is 6.61 Å². The van der Waals surface area contributed by atoms with Crippen LogP contribution in [0, 0.1) is 0 Å². The quantitative estimate of drug-likeness (QED) is 0.774. The SMILES string of the molecule is CC.CN1CC[C@H](N(C)C)C1.COCCN1CCN(C)CC1. The second-order valence-corrected chi connectivity index (χ2v) is 6.31. The van der Waals surface area contributed by atoms with E-state index in [0.29, 0.717) is 0 Å². The smallest absolute Gasteiger partial charge is 0.0589 e. The molecule has 5 nitrogen and oxygen atoms in total. The number of ether oxygens (including phenoxy) is 1. The van der Waals surface area contributed by atoms with Gasteiger partial charge < -0.3 is 19.4 Å². The van der Waals surface area contributed by atoms with E-state index in [1.807, 2.05) is 13.8 Å². The molecule has 0 saturated carbocycles. The zero-order valence-electron chi connectivity index (χ0n) is 16.1. The van der Waals surface area contributed by atoms with Crippen LogP contribution in [0.4, 0.5) is 0 Å². The summed E-state index contributed by atoms with van der Waals surface area (Å²) < 4.78 is 5.02. The molecule has 2 rings (SSSR count). The summed E-state index contributed by atoms with van der Waals surface area (Å²) in [6.07, 6.45) is 1.34. The molecule has 0 radical (unpaired) electrons. The average Bonchev–Trinajstić information content (AvgIpc) is 2.96. The standard InChI is InChI=1S/C8H18N2O.C7H16N2.C2H6/c1-9-3-5-10(6-4-9)7-8-11-2;1-8(2)7-4-5-9(3)6-7;1-2/h3-8H2,1-2H3;7H,4-6H2,1-3H3;1-2H3/t;7-;/m.0./s1. The Kier molecular flexibility index (Phi) is 13.1. The summed E-state index contributed by atoms with van der Waals surface area (Å²) in [5.41, 5.74) is 0. The molecule has 0 aromatic heterocycles. The Morgan fingerprint density at radius 1 is 0.955 bits per heavy atom. The first-order chi connectivity index (χ1) is 10.5. The van der Waals surface area contributed by atoms with Crippen molar-refractivity contribution in [2.24, 2.45) is 0 Å². The van der Waals surface area contributed by atoms with Crippen molar-refractivity contribution in [2.75, 3.05) is 87.7 Å². The van der Waals surface area contributed by atoms with E-state index >= 15 is 0 Å². The third-order valence-corrected chi connectivity index (χ3v) is 4.30. The largest absolute Gasteiger partial charge is 0.383 e. The fourth-order valence-electron chi connectivity index (χ4n) is 2.63. The molecule has 2 aliphatic heterocycles. The van der Waals surface area contributed by atoms with Crippen molar-refractivity contribution in [1.29, 1.82) is 0 Å². The van der Waals surface area contributed by atoms with Gasteiger partial charge in [-0.25, -0.2) is 0 Å². The van der Waals surface area contributed by atoms with Crippen molar-refractivity contribution in [3.8, 4) is 0 Å². The molecule has 0 amide bonds. The number of rotatable bonds is 4. The molecule has 134 valence electrons. The zero-order chi connectivity index (χ0) is 17.0. The molecule has 5 heteroatoms. The molecule has 2 aliphatic rings. The van der Waals surface area contributed by atoms with Gasteiger partial charge in [-0.15, -0.1) is 0 Å². The Morgan fingerprint density at radius 3 is 1.91 bits per heavy atom. The Bertz CT molecular complexity index is 240. The van der Waals surface area contributed by atoms with E-state index in [9.17, 15) is 0 Å². The van der Waals surface area contributed by atoms with Crippen molar-refractivity contribution >= 4 is 0 Å². The maximum Gasteiger partial charge on any atom is 0.0589 e. The van der Waals surface area contributed by atoms with Gasteiger partial charge in [0.1, 0.15) is 0 Å². The minimum absolute atomic E-state index is 0.801. The van der Waals surface area contributed by atoms with E-state index in [1.54, 1.807) is 7.11 Å². The van der Waals surface area contributed by atoms with Crippen LogP contribution in [-0.2, 0) is 4.74 Å². The average molecular weight is 317 g/mol. The van der Waals surface area contributed by atoms with Gasteiger partial charge in [-0.1, -0.05) is 13.8 Å². The number of likely N-dealkylation sites (tertiary alicyclic amines) is 1. The molecule has 1 atom stereocenters. The molecule has 0 aromatic carbocycles. The molecule has 2 heterocycles. The van der Waals surface area contributed by atoms with Crippen LogP contribution < -0.4 is 0 Å². The molecular formula is C17H40N4O. The number of likely N-dealkylation sites (N-methyl/N-ethyl adjacent to an activating group) is 3. The van der Waals surface area contributed by atoms with Crippen LogP contribution in [0.1, 0.15) is 20.3 Å². The van der Waals surface area contributed by atoms with Crippen molar-refractivity contribution in [2.45, 2.75) is 26.3 Å². The number of nitrogens with zero attached hydrogens (tertiary/aromatic N) is 4. The van der Waals surface area contributed by atoms with Crippen LogP contribution >= 0.6 is 0 Å². The normalized spacial score (nSPS) is 23.7. The van der Waals surface area contributed by atoms with Crippen LogP contribution in [0.5, 0.6) is 0 Å². The van der Waals surface area contributed by atoms with E-state index < -0.39 is 0 Å². The Morgan fingerprint density at radius 2 is 1.55 bits per heavy atom. The van der Waals surface area contributed by atoms with Crippen molar-refractivity contribution in [3.63, 3.8) is 0 Å². The van der Waals surface area contributed by atoms with E-state index in [-0.39, 0.29) is 0 Å². The van der Waals surface area contributed by atoms with E-state index in [0.717, 1.165) is 19.2 Å². The number of methoxy groups -OCH3 is 1. The maximum atomic E-state index is 5.02. The second-order valence-electron chi connectivity index (χ2n) is 6.31. The lowest BCUT2D eigenvalue weighted by Crippen LogP contribution is -2.45. The first-order valence-corrected chi connectivity index (χ1v) is 8.77. The lowest BCUT2D eigenvalue weighted by molar-refractivity contribution is 0.108. The van der Waals surface area contributed by atoms with E-state index in [1.165, 1.54) is 45.7 Å². The predicted octanol–water partition coefficient (Wildman–Crippen LogP) is 1.16. The molecule has 0 spiro atoms. The molecule has 2 fully saturated rings. The third kappa shape index (κ3) is 9.74. The molecule has 22 heavy (non-hydrogen) atoms. The molecule has 0 unspecified atom stereocenters.